The number of nitrogens with zero attached hydrogens (tertiary/aromatic N) is 2. The number of amidine groups is 1. The Bertz CT molecular complexity index is 1300. The largest absolute Gasteiger partial charge is 0.322 e. The molecule has 0 aliphatic carbocycles. The van der Waals surface area contributed by atoms with Crippen molar-refractivity contribution in [3.05, 3.63) is 83.7 Å². The first kappa shape index (κ1) is 20.7. The van der Waals surface area contributed by atoms with E-state index in [0.29, 0.717) is 34.9 Å². The lowest BCUT2D eigenvalue weighted by atomic mass is 10.1. The molecular weight excluding hydrogens is 417 g/mol. The Morgan fingerprint density at radius 1 is 1.06 bits per heavy atom. The van der Waals surface area contributed by atoms with Crippen molar-refractivity contribution < 1.29 is 17.6 Å². The molecule has 0 radical (unpaired) electrons. The quantitative estimate of drug-likeness (QED) is 0.621. The van der Waals surface area contributed by atoms with Gasteiger partial charge in [-0.05, 0) is 61.0 Å². The minimum atomic E-state index is -3.96. The molecule has 1 N–H and O–H groups in total. The van der Waals surface area contributed by atoms with Crippen LogP contribution in [0.4, 0.5) is 21.5 Å². The number of carbonyl (C=O) groups excluding carboxylic acids is 1. The number of sulfonamides is 1. The fourth-order valence-electron chi connectivity index (χ4n) is 3.48. The van der Waals surface area contributed by atoms with Crippen molar-refractivity contribution in [2.45, 2.75) is 25.2 Å². The number of fused-ring (bicyclic) bond motifs is 1. The molecule has 0 saturated carbocycles. The molecule has 0 unspecified atom stereocenters. The van der Waals surface area contributed by atoms with E-state index in [1.165, 1.54) is 18.2 Å². The van der Waals surface area contributed by atoms with Crippen LogP contribution >= 0.6 is 0 Å². The van der Waals surface area contributed by atoms with E-state index in [2.05, 4.69) is 9.71 Å². The van der Waals surface area contributed by atoms with Gasteiger partial charge in [-0.25, -0.2) is 4.39 Å². The lowest BCUT2D eigenvalue weighted by Gasteiger charge is -2.31. The third kappa shape index (κ3) is 3.94. The summed E-state index contributed by atoms with van der Waals surface area (Å²) < 4.78 is 43.1. The van der Waals surface area contributed by atoms with Crippen LogP contribution in [0, 0.1) is 12.7 Å². The molecule has 1 heterocycles. The zero-order valence-corrected chi connectivity index (χ0v) is 17.8. The van der Waals surface area contributed by atoms with E-state index < -0.39 is 15.8 Å². The van der Waals surface area contributed by atoms with Crippen LogP contribution in [0.3, 0.4) is 0 Å². The summed E-state index contributed by atoms with van der Waals surface area (Å²) in [6.45, 7) is 3.63. The molecular formula is C23H20FN3O3S. The van der Waals surface area contributed by atoms with Crippen molar-refractivity contribution in [1.82, 2.24) is 0 Å². The van der Waals surface area contributed by atoms with Crippen molar-refractivity contribution in [2.24, 2.45) is 4.40 Å². The first-order valence-corrected chi connectivity index (χ1v) is 11.1. The lowest BCUT2D eigenvalue weighted by molar-refractivity contribution is 0.102. The molecule has 3 aromatic carbocycles. The summed E-state index contributed by atoms with van der Waals surface area (Å²) in [7, 11) is -3.96. The van der Waals surface area contributed by atoms with E-state index in [9.17, 15) is 17.6 Å². The molecule has 0 fully saturated rings. The van der Waals surface area contributed by atoms with Crippen molar-refractivity contribution in [3.63, 3.8) is 0 Å². The molecule has 158 valence electrons. The highest BCUT2D eigenvalue weighted by molar-refractivity contribution is 7.90. The predicted molar refractivity (Wildman–Crippen MR) is 119 cm³/mol. The third-order valence-corrected chi connectivity index (χ3v) is 6.34. The Kier molecular flexibility index (Phi) is 5.32. The molecule has 0 atom stereocenters. The zero-order valence-electron chi connectivity index (χ0n) is 17.0. The summed E-state index contributed by atoms with van der Waals surface area (Å²) in [6.07, 6.45) is 0.363. The molecule has 0 aromatic heterocycles. The molecule has 4 rings (SSSR count). The number of amides is 1. The summed E-state index contributed by atoms with van der Waals surface area (Å²) in [5, 5.41) is 2.75. The average Bonchev–Trinajstić information content (AvgIpc) is 2.75. The molecule has 6 nitrogen and oxygen atoms in total. The van der Waals surface area contributed by atoms with Crippen LogP contribution in [-0.2, 0) is 10.0 Å². The Hall–Kier alpha value is -3.52. The second kappa shape index (κ2) is 7.96. The monoisotopic (exact) mass is 437 g/mol. The van der Waals surface area contributed by atoms with Crippen molar-refractivity contribution >= 4 is 38.8 Å². The van der Waals surface area contributed by atoms with E-state index in [4.69, 9.17) is 0 Å². The van der Waals surface area contributed by atoms with Gasteiger partial charge in [0.05, 0.1) is 5.69 Å². The van der Waals surface area contributed by atoms with Gasteiger partial charge in [0.15, 0.2) is 0 Å². The van der Waals surface area contributed by atoms with Crippen molar-refractivity contribution in [3.8, 4) is 0 Å². The fraction of sp³-hybridized carbons (Fsp3) is 0.130. The highest BCUT2D eigenvalue weighted by Crippen LogP contribution is 2.39. The first-order chi connectivity index (χ1) is 14.8. The molecule has 8 heteroatoms. The second-order valence-electron chi connectivity index (χ2n) is 7.10. The van der Waals surface area contributed by atoms with Gasteiger partial charge in [-0.1, -0.05) is 25.1 Å². The molecule has 1 aliphatic heterocycles. The third-order valence-electron chi connectivity index (χ3n) is 5.01. The van der Waals surface area contributed by atoms with Crippen LogP contribution in [0.2, 0.25) is 0 Å². The summed E-state index contributed by atoms with van der Waals surface area (Å²) in [6, 6.07) is 17.5. The number of anilines is 3. The van der Waals surface area contributed by atoms with E-state index in [1.54, 1.807) is 48.2 Å². The Morgan fingerprint density at radius 2 is 1.77 bits per heavy atom. The smallest absolute Gasteiger partial charge is 0.286 e. The lowest BCUT2D eigenvalue weighted by Crippen LogP contribution is -2.31. The molecule has 0 spiro atoms. The predicted octanol–water partition coefficient (Wildman–Crippen LogP) is 5.04. The number of aryl methyl sites for hydroxylation is 1. The second-order valence-corrected chi connectivity index (χ2v) is 8.67. The Morgan fingerprint density at radius 3 is 2.45 bits per heavy atom. The summed E-state index contributed by atoms with van der Waals surface area (Å²) in [5.74, 6) is -0.395. The number of halogens is 1. The maximum absolute atomic E-state index is 13.4. The van der Waals surface area contributed by atoms with Crippen LogP contribution in [0.1, 0.15) is 29.3 Å². The van der Waals surface area contributed by atoms with Gasteiger partial charge >= 0.3 is 0 Å². The first-order valence-electron chi connectivity index (χ1n) is 9.70. The average molecular weight is 437 g/mol. The molecule has 1 amide bonds. The standard InChI is InChI=1S/C23H20FN3O3S/c1-3-22-26-31(29,30)21-14-17(25-23(28)19-7-5-4-6-15(19)2)10-13-20(21)27(22)18-11-8-16(24)9-12-18/h4-14H,3H2,1-2H3,(H,25,28). The molecule has 31 heavy (non-hydrogen) atoms. The topological polar surface area (TPSA) is 78.8 Å². The van der Waals surface area contributed by atoms with E-state index in [1.807, 2.05) is 19.1 Å². The van der Waals surface area contributed by atoms with Gasteiger partial charge in [-0.15, -0.1) is 4.40 Å². The summed E-state index contributed by atoms with van der Waals surface area (Å²) >= 11 is 0. The Balaban J connectivity index is 1.76. The molecule has 1 aliphatic rings. The number of benzene rings is 3. The van der Waals surface area contributed by atoms with Crippen molar-refractivity contribution in [2.75, 3.05) is 10.2 Å². The maximum Gasteiger partial charge on any atom is 0.286 e. The van der Waals surface area contributed by atoms with Gasteiger partial charge in [0, 0.05) is 23.4 Å². The maximum atomic E-state index is 13.4. The summed E-state index contributed by atoms with van der Waals surface area (Å²) in [5.41, 5.74) is 2.64. The Labute approximate surface area is 180 Å². The minimum Gasteiger partial charge on any atom is -0.322 e. The molecule has 0 saturated heterocycles. The number of hydrogen-bond acceptors (Lipinski definition) is 4. The van der Waals surface area contributed by atoms with Crippen LogP contribution in [0.15, 0.2) is 76.0 Å². The van der Waals surface area contributed by atoms with Gasteiger partial charge in [-0.3, -0.25) is 9.69 Å². The summed E-state index contributed by atoms with van der Waals surface area (Å²) in [4.78, 5) is 14.3. The van der Waals surface area contributed by atoms with Crippen LogP contribution in [0.5, 0.6) is 0 Å². The van der Waals surface area contributed by atoms with Gasteiger partial charge in [0.25, 0.3) is 15.9 Å². The minimum absolute atomic E-state index is 0.0309. The van der Waals surface area contributed by atoms with Gasteiger partial charge in [0.1, 0.15) is 16.5 Å². The van der Waals surface area contributed by atoms with Gasteiger partial charge in [-0.2, -0.15) is 8.42 Å². The number of nitrogens with one attached hydrogen (secondary N) is 1. The van der Waals surface area contributed by atoms with Gasteiger partial charge < -0.3 is 5.32 Å². The van der Waals surface area contributed by atoms with Crippen LogP contribution in [-0.4, -0.2) is 20.2 Å². The van der Waals surface area contributed by atoms with E-state index in [-0.39, 0.29) is 10.8 Å². The fourth-order valence-corrected chi connectivity index (χ4v) is 4.76. The van der Waals surface area contributed by atoms with Gasteiger partial charge in [0.2, 0.25) is 0 Å². The molecule has 0 bridgehead atoms. The number of hydrogen-bond donors (Lipinski definition) is 1. The van der Waals surface area contributed by atoms with Crippen LogP contribution in [0.25, 0.3) is 0 Å². The highest BCUT2D eigenvalue weighted by atomic mass is 32.2. The van der Waals surface area contributed by atoms with E-state index >= 15 is 0 Å². The van der Waals surface area contributed by atoms with E-state index in [0.717, 1.165) is 5.56 Å². The number of rotatable bonds is 4. The number of carbonyl (C=O) groups is 1. The molecule has 3 aromatic rings. The normalized spacial score (nSPS) is 14.5. The van der Waals surface area contributed by atoms with Crippen LogP contribution < -0.4 is 10.2 Å². The SMILES string of the molecule is CCC1=NS(=O)(=O)c2cc(NC(=O)c3ccccc3C)ccc2N1c1ccc(F)cc1. The zero-order chi connectivity index (χ0) is 22.2. The highest BCUT2D eigenvalue weighted by Gasteiger charge is 2.31. The van der Waals surface area contributed by atoms with Crippen molar-refractivity contribution in [1.29, 1.82) is 0 Å².